The number of rotatable bonds is 2. The van der Waals surface area contributed by atoms with E-state index < -0.39 is 0 Å². The summed E-state index contributed by atoms with van der Waals surface area (Å²) in [5, 5.41) is 8.72. The van der Waals surface area contributed by atoms with Crippen molar-refractivity contribution in [3.05, 3.63) is 18.2 Å². The normalized spacial score (nSPS) is 11.4. The Kier molecular flexibility index (Phi) is 4.38. The minimum Gasteiger partial charge on any atom is -0.337 e. The molecule has 0 aliphatic rings. The quantitative estimate of drug-likeness (QED) is 0.706. The number of hydrogen-bond acceptors (Lipinski definition) is 2. The molecule has 0 radical (unpaired) electrons. The average Bonchev–Trinajstić information content (AvgIpc) is 2.40. The van der Waals surface area contributed by atoms with Gasteiger partial charge in [0.15, 0.2) is 0 Å². The maximum Gasteiger partial charge on any atom is 0.125 e. The highest BCUT2D eigenvalue weighted by Crippen LogP contribution is 2.14. The van der Waals surface area contributed by atoms with Gasteiger partial charge in [-0.1, -0.05) is 6.92 Å². The van der Waals surface area contributed by atoms with Crippen LogP contribution < -0.4 is 0 Å². The molecule has 4 heteroatoms. The largest absolute Gasteiger partial charge is 0.337 e. The Labute approximate surface area is 78.4 Å². The molecular weight excluding hydrogens is 174 g/mol. The van der Waals surface area contributed by atoms with Gasteiger partial charge in [0.1, 0.15) is 11.7 Å². The Morgan fingerprint density at radius 1 is 1.75 bits per heavy atom. The maximum atomic E-state index is 8.72. The third-order valence-corrected chi connectivity index (χ3v) is 1.73. The minimum atomic E-state index is -0.0602. The average molecular weight is 186 g/mol. The zero-order chi connectivity index (χ0) is 8.27. The van der Waals surface area contributed by atoms with Gasteiger partial charge in [-0.2, -0.15) is 5.26 Å². The van der Waals surface area contributed by atoms with Crippen LogP contribution >= 0.6 is 12.4 Å². The van der Waals surface area contributed by atoms with Crippen molar-refractivity contribution < 1.29 is 0 Å². The van der Waals surface area contributed by atoms with Crippen LogP contribution in [0, 0.1) is 11.3 Å². The molecule has 0 saturated heterocycles. The van der Waals surface area contributed by atoms with E-state index in [0.717, 1.165) is 12.2 Å². The van der Waals surface area contributed by atoms with Gasteiger partial charge >= 0.3 is 0 Å². The van der Waals surface area contributed by atoms with E-state index in [2.05, 4.69) is 11.1 Å². The number of aromatic nitrogens is 2. The molecule has 0 saturated carbocycles. The number of hydrogen-bond donors (Lipinski definition) is 0. The first-order valence-electron chi connectivity index (χ1n) is 3.66. The van der Waals surface area contributed by atoms with Crippen molar-refractivity contribution in [1.82, 2.24) is 9.55 Å². The van der Waals surface area contributed by atoms with Crippen LogP contribution in [-0.4, -0.2) is 9.55 Å². The molecule has 0 bridgehead atoms. The van der Waals surface area contributed by atoms with Gasteiger partial charge in [-0.05, 0) is 6.42 Å². The van der Waals surface area contributed by atoms with Crippen LogP contribution in [-0.2, 0) is 7.05 Å². The summed E-state index contributed by atoms with van der Waals surface area (Å²) >= 11 is 0. The Balaban J connectivity index is 0.00000121. The molecule has 0 aliphatic heterocycles. The molecule has 1 unspecified atom stereocenters. The summed E-state index contributed by atoms with van der Waals surface area (Å²) in [6.07, 6.45) is 4.39. The van der Waals surface area contributed by atoms with E-state index in [-0.39, 0.29) is 18.3 Å². The lowest BCUT2D eigenvalue weighted by Crippen LogP contribution is -2.02. The van der Waals surface area contributed by atoms with E-state index in [1.165, 1.54) is 0 Å². The predicted molar refractivity (Wildman–Crippen MR) is 49.1 cm³/mol. The lowest BCUT2D eigenvalue weighted by atomic mass is 10.1. The number of halogens is 1. The van der Waals surface area contributed by atoms with E-state index in [9.17, 15) is 0 Å². The molecule has 1 rings (SSSR count). The third kappa shape index (κ3) is 1.99. The molecule has 0 aromatic carbocycles. The summed E-state index contributed by atoms with van der Waals surface area (Å²) in [7, 11) is 1.91. The maximum absolute atomic E-state index is 8.72. The van der Waals surface area contributed by atoms with Gasteiger partial charge in [0.05, 0.1) is 6.07 Å². The van der Waals surface area contributed by atoms with Crippen molar-refractivity contribution in [2.24, 2.45) is 7.05 Å². The molecule has 0 fully saturated rings. The summed E-state index contributed by atoms with van der Waals surface area (Å²) < 4.78 is 1.89. The summed E-state index contributed by atoms with van der Waals surface area (Å²) in [6, 6.07) is 2.21. The van der Waals surface area contributed by atoms with Crippen LogP contribution in [0.5, 0.6) is 0 Å². The molecule has 12 heavy (non-hydrogen) atoms. The number of nitriles is 1. The Bertz CT molecular complexity index is 274. The van der Waals surface area contributed by atoms with Gasteiger partial charge in [-0.25, -0.2) is 4.98 Å². The van der Waals surface area contributed by atoms with Gasteiger partial charge in [-0.3, -0.25) is 0 Å². The van der Waals surface area contributed by atoms with Crippen molar-refractivity contribution in [2.45, 2.75) is 19.3 Å². The smallest absolute Gasteiger partial charge is 0.125 e. The van der Waals surface area contributed by atoms with Gasteiger partial charge in [0, 0.05) is 19.4 Å². The van der Waals surface area contributed by atoms with Crippen LogP contribution in [0.2, 0.25) is 0 Å². The zero-order valence-corrected chi connectivity index (χ0v) is 8.01. The lowest BCUT2D eigenvalue weighted by Gasteiger charge is -2.04. The molecule has 1 aromatic rings. The first kappa shape index (κ1) is 11.0. The van der Waals surface area contributed by atoms with Crippen LogP contribution in [0.15, 0.2) is 12.4 Å². The third-order valence-electron chi connectivity index (χ3n) is 1.73. The van der Waals surface area contributed by atoms with Gasteiger partial charge in [-0.15, -0.1) is 12.4 Å². The Hall–Kier alpha value is -1.01. The molecule has 1 heterocycles. The van der Waals surface area contributed by atoms with E-state index in [1.807, 2.05) is 24.7 Å². The minimum absolute atomic E-state index is 0. The van der Waals surface area contributed by atoms with Crippen LogP contribution in [0.1, 0.15) is 25.1 Å². The second kappa shape index (κ2) is 4.78. The fraction of sp³-hybridized carbons (Fsp3) is 0.500. The van der Waals surface area contributed by atoms with Crippen LogP contribution in [0.4, 0.5) is 0 Å². The topological polar surface area (TPSA) is 41.6 Å². The highest BCUT2D eigenvalue weighted by molar-refractivity contribution is 5.85. The highest BCUT2D eigenvalue weighted by Gasteiger charge is 2.11. The molecule has 0 amide bonds. The fourth-order valence-electron chi connectivity index (χ4n) is 1.04. The fourth-order valence-corrected chi connectivity index (χ4v) is 1.04. The summed E-state index contributed by atoms with van der Waals surface area (Å²) in [4.78, 5) is 4.10. The number of aryl methyl sites for hydroxylation is 1. The first-order chi connectivity index (χ1) is 5.29. The van der Waals surface area contributed by atoms with Crippen molar-refractivity contribution in [3.63, 3.8) is 0 Å². The first-order valence-corrected chi connectivity index (χ1v) is 3.66. The van der Waals surface area contributed by atoms with E-state index >= 15 is 0 Å². The molecule has 1 aromatic heterocycles. The van der Waals surface area contributed by atoms with Crippen molar-refractivity contribution in [1.29, 1.82) is 5.26 Å². The summed E-state index contributed by atoms with van der Waals surface area (Å²) in [5.41, 5.74) is 0. The highest BCUT2D eigenvalue weighted by atomic mass is 35.5. The molecule has 0 N–H and O–H groups in total. The van der Waals surface area contributed by atoms with E-state index in [1.54, 1.807) is 6.20 Å². The lowest BCUT2D eigenvalue weighted by molar-refractivity contribution is 0.699. The Morgan fingerprint density at radius 3 is 2.75 bits per heavy atom. The second-order valence-electron chi connectivity index (χ2n) is 2.49. The predicted octanol–water partition coefficient (Wildman–Crippen LogP) is 1.86. The number of nitrogens with zero attached hydrogens (tertiary/aromatic N) is 3. The molecular formula is C8H12ClN3. The summed E-state index contributed by atoms with van der Waals surface area (Å²) in [5.74, 6) is 0.796. The van der Waals surface area contributed by atoms with Gasteiger partial charge in [0.25, 0.3) is 0 Å². The van der Waals surface area contributed by atoms with Gasteiger partial charge < -0.3 is 4.57 Å². The second-order valence-corrected chi connectivity index (χ2v) is 2.49. The zero-order valence-electron chi connectivity index (χ0n) is 7.19. The van der Waals surface area contributed by atoms with Crippen molar-refractivity contribution in [2.75, 3.05) is 0 Å². The van der Waals surface area contributed by atoms with Gasteiger partial charge in [0.2, 0.25) is 0 Å². The monoisotopic (exact) mass is 185 g/mol. The summed E-state index contributed by atoms with van der Waals surface area (Å²) in [6.45, 7) is 1.99. The Morgan fingerprint density at radius 2 is 2.42 bits per heavy atom. The van der Waals surface area contributed by atoms with Crippen LogP contribution in [0.25, 0.3) is 0 Å². The molecule has 0 aliphatic carbocycles. The van der Waals surface area contributed by atoms with E-state index in [4.69, 9.17) is 5.26 Å². The van der Waals surface area contributed by atoms with Crippen LogP contribution in [0.3, 0.4) is 0 Å². The molecule has 0 spiro atoms. The SMILES string of the molecule is CCC(C#N)c1nccn1C.Cl. The molecule has 1 atom stereocenters. The molecule has 3 nitrogen and oxygen atoms in total. The van der Waals surface area contributed by atoms with Crippen molar-refractivity contribution in [3.8, 4) is 6.07 Å². The van der Waals surface area contributed by atoms with E-state index in [0.29, 0.717) is 0 Å². The van der Waals surface area contributed by atoms with Crippen molar-refractivity contribution >= 4 is 12.4 Å². The standard InChI is InChI=1S/C8H11N3.ClH/c1-3-7(6-9)8-10-4-5-11(8)2;/h4-5,7H,3H2,1-2H3;1H. The number of imidazole rings is 1. The molecule has 66 valence electrons.